The van der Waals surface area contributed by atoms with Crippen LogP contribution in [0.5, 0.6) is 0 Å². The van der Waals surface area contributed by atoms with Gasteiger partial charge in [0.1, 0.15) is 16.7 Å². The molecule has 0 aliphatic rings. The topological polar surface area (TPSA) is 56.7 Å². The first kappa shape index (κ1) is 15.1. The predicted molar refractivity (Wildman–Crippen MR) is 102 cm³/mol. The second kappa shape index (κ2) is 6.24. The molecule has 0 atom stereocenters. The summed E-state index contributed by atoms with van der Waals surface area (Å²) < 4.78 is 0. The van der Waals surface area contributed by atoms with Gasteiger partial charge < -0.3 is 5.73 Å². The molecule has 4 rings (SSSR count). The fourth-order valence-electron chi connectivity index (χ4n) is 2.80. The molecule has 122 valence electrons. The highest BCUT2D eigenvalue weighted by Gasteiger charge is 2.14. The van der Waals surface area contributed by atoms with Crippen LogP contribution in [0.3, 0.4) is 0 Å². The summed E-state index contributed by atoms with van der Waals surface area (Å²) in [6, 6.07) is 26.0. The fourth-order valence-corrected chi connectivity index (χ4v) is 2.80. The Morgan fingerprint density at radius 1 is 0.720 bits per heavy atom. The van der Waals surface area contributed by atoms with Gasteiger partial charge >= 0.3 is 0 Å². The van der Waals surface area contributed by atoms with Crippen molar-refractivity contribution < 1.29 is 0 Å². The molecular weight excluding hydrogens is 308 g/mol. The van der Waals surface area contributed by atoms with Gasteiger partial charge in [0.15, 0.2) is 0 Å². The molecule has 0 fully saturated rings. The van der Waals surface area contributed by atoms with Crippen molar-refractivity contribution in [3.05, 3.63) is 95.6 Å². The number of rotatable bonds is 3. The van der Waals surface area contributed by atoms with E-state index >= 15 is 0 Å². The van der Waals surface area contributed by atoms with Gasteiger partial charge in [-0.15, -0.1) is 15.0 Å². The number of aryl methyl sites for hydroxylation is 1. The molecule has 0 saturated carbocycles. The summed E-state index contributed by atoms with van der Waals surface area (Å²) >= 11 is 0. The lowest BCUT2D eigenvalue weighted by Gasteiger charge is -2.12. The van der Waals surface area contributed by atoms with Crippen LogP contribution in [0.4, 0.5) is 0 Å². The Morgan fingerprint density at radius 2 is 1.28 bits per heavy atom. The van der Waals surface area contributed by atoms with Gasteiger partial charge in [0.2, 0.25) is 0 Å². The maximum absolute atomic E-state index is 6.55. The summed E-state index contributed by atoms with van der Waals surface area (Å²) in [5, 5.41) is 9.24. The van der Waals surface area contributed by atoms with Crippen molar-refractivity contribution in [3.8, 4) is 0 Å². The first-order chi connectivity index (χ1) is 12.2. The predicted octanol–water partition coefficient (Wildman–Crippen LogP) is 4.07. The molecule has 0 spiro atoms. The van der Waals surface area contributed by atoms with Crippen molar-refractivity contribution in [2.45, 2.75) is 6.92 Å². The van der Waals surface area contributed by atoms with Crippen molar-refractivity contribution in [1.82, 2.24) is 15.0 Å². The van der Waals surface area contributed by atoms with Gasteiger partial charge in [-0.3, -0.25) is 0 Å². The molecule has 25 heavy (non-hydrogen) atoms. The summed E-state index contributed by atoms with van der Waals surface area (Å²) in [5.74, 6) is 0. The van der Waals surface area contributed by atoms with E-state index in [1.54, 1.807) is 4.80 Å². The monoisotopic (exact) mass is 326 g/mol. The summed E-state index contributed by atoms with van der Waals surface area (Å²) in [7, 11) is 0. The zero-order valence-electron chi connectivity index (χ0n) is 13.9. The van der Waals surface area contributed by atoms with Crippen LogP contribution in [0.2, 0.25) is 0 Å². The fraction of sp³-hybridized carbons (Fsp3) is 0.0476. The Kier molecular flexibility index (Phi) is 3.78. The van der Waals surface area contributed by atoms with Crippen molar-refractivity contribution >= 4 is 22.4 Å². The summed E-state index contributed by atoms with van der Waals surface area (Å²) in [6.45, 7) is 2.06. The zero-order valence-corrected chi connectivity index (χ0v) is 13.9. The highest BCUT2D eigenvalue weighted by molar-refractivity contribution is 5.89. The standard InChI is InChI=1S/C21H18N4/c1-15-11-13-16(14-12-15)20(22)21(17-7-3-2-4-8-17)25-23-18-9-5-6-10-19(18)24-25/h2-14H,22H2,1H3. The Bertz CT molecular complexity index is 1010. The average Bonchev–Trinajstić information content (AvgIpc) is 3.07. The minimum Gasteiger partial charge on any atom is -0.396 e. The van der Waals surface area contributed by atoms with Crippen LogP contribution in [0.1, 0.15) is 16.7 Å². The molecule has 4 aromatic rings. The van der Waals surface area contributed by atoms with Gasteiger partial charge in [0, 0.05) is 5.56 Å². The molecule has 0 unspecified atom stereocenters. The van der Waals surface area contributed by atoms with E-state index in [0.717, 1.165) is 27.9 Å². The number of aromatic nitrogens is 3. The van der Waals surface area contributed by atoms with Crippen LogP contribution in [0.25, 0.3) is 22.4 Å². The molecule has 0 saturated heterocycles. The summed E-state index contributed by atoms with van der Waals surface area (Å²) in [6.07, 6.45) is 0. The van der Waals surface area contributed by atoms with Gasteiger partial charge in [-0.05, 0) is 24.6 Å². The van der Waals surface area contributed by atoms with Crippen LogP contribution in [0, 0.1) is 6.92 Å². The molecule has 1 heterocycles. The third-order valence-electron chi connectivity index (χ3n) is 4.15. The van der Waals surface area contributed by atoms with Gasteiger partial charge in [0.05, 0.1) is 5.70 Å². The van der Waals surface area contributed by atoms with Gasteiger partial charge in [-0.25, -0.2) is 0 Å². The van der Waals surface area contributed by atoms with Gasteiger partial charge in [-0.2, -0.15) is 0 Å². The van der Waals surface area contributed by atoms with Crippen LogP contribution in [0.15, 0.2) is 78.9 Å². The Hall–Kier alpha value is -3.40. The lowest BCUT2D eigenvalue weighted by Crippen LogP contribution is -2.11. The van der Waals surface area contributed by atoms with Crippen LogP contribution in [-0.4, -0.2) is 15.0 Å². The molecule has 0 bridgehead atoms. The third kappa shape index (κ3) is 2.90. The molecule has 4 heteroatoms. The largest absolute Gasteiger partial charge is 0.396 e. The molecule has 4 nitrogen and oxygen atoms in total. The number of hydrogen-bond donors (Lipinski definition) is 1. The first-order valence-electron chi connectivity index (χ1n) is 8.17. The lowest BCUT2D eigenvalue weighted by atomic mass is 10.0. The smallest absolute Gasteiger partial charge is 0.116 e. The average molecular weight is 326 g/mol. The molecule has 3 aromatic carbocycles. The van der Waals surface area contributed by atoms with Crippen molar-refractivity contribution in [1.29, 1.82) is 0 Å². The zero-order chi connectivity index (χ0) is 17.2. The highest BCUT2D eigenvalue weighted by atomic mass is 15.5. The maximum atomic E-state index is 6.55. The number of benzene rings is 3. The quantitative estimate of drug-likeness (QED) is 0.577. The van der Waals surface area contributed by atoms with E-state index in [-0.39, 0.29) is 0 Å². The first-order valence-corrected chi connectivity index (χ1v) is 8.17. The number of fused-ring (bicyclic) bond motifs is 1. The minimum absolute atomic E-state index is 0.645. The number of nitrogens with two attached hydrogens (primary N) is 1. The second-order valence-electron chi connectivity index (χ2n) is 5.97. The van der Waals surface area contributed by atoms with E-state index in [0.29, 0.717) is 5.70 Å². The SMILES string of the molecule is Cc1ccc(C(N)=C(c2ccccc2)n2nc3ccccc3n2)cc1. The number of nitrogens with zero attached hydrogens (tertiary/aromatic N) is 3. The third-order valence-corrected chi connectivity index (χ3v) is 4.15. The maximum Gasteiger partial charge on any atom is 0.116 e. The Balaban J connectivity index is 1.96. The van der Waals surface area contributed by atoms with Crippen molar-refractivity contribution in [2.24, 2.45) is 5.73 Å². The van der Waals surface area contributed by atoms with E-state index in [4.69, 9.17) is 5.73 Å². The molecule has 0 amide bonds. The molecule has 0 aliphatic heterocycles. The minimum atomic E-state index is 0.645. The molecule has 2 N–H and O–H groups in total. The van der Waals surface area contributed by atoms with Gasteiger partial charge in [0.25, 0.3) is 0 Å². The molecule has 0 radical (unpaired) electrons. The van der Waals surface area contributed by atoms with Crippen LogP contribution >= 0.6 is 0 Å². The molecule has 1 aromatic heterocycles. The molecule has 0 aliphatic carbocycles. The van der Waals surface area contributed by atoms with E-state index in [2.05, 4.69) is 29.3 Å². The number of hydrogen-bond acceptors (Lipinski definition) is 3. The Morgan fingerprint density at radius 3 is 1.88 bits per heavy atom. The van der Waals surface area contributed by atoms with E-state index < -0.39 is 0 Å². The molecular formula is C21H18N4. The lowest BCUT2D eigenvalue weighted by molar-refractivity contribution is 0.787. The second-order valence-corrected chi connectivity index (χ2v) is 5.97. The van der Waals surface area contributed by atoms with Gasteiger partial charge in [-0.1, -0.05) is 72.3 Å². The summed E-state index contributed by atoms with van der Waals surface area (Å²) in [5.41, 5.74) is 12.8. The van der Waals surface area contributed by atoms with Crippen molar-refractivity contribution in [2.75, 3.05) is 0 Å². The van der Waals surface area contributed by atoms with E-state index in [9.17, 15) is 0 Å². The van der Waals surface area contributed by atoms with Crippen molar-refractivity contribution in [3.63, 3.8) is 0 Å². The highest BCUT2D eigenvalue weighted by Crippen LogP contribution is 2.25. The van der Waals surface area contributed by atoms with Crippen LogP contribution in [-0.2, 0) is 0 Å². The summed E-state index contributed by atoms with van der Waals surface area (Å²) in [4.78, 5) is 1.63. The van der Waals surface area contributed by atoms with E-state index in [1.165, 1.54) is 5.56 Å². The van der Waals surface area contributed by atoms with Crippen LogP contribution < -0.4 is 5.73 Å². The van der Waals surface area contributed by atoms with E-state index in [1.807, 2.05) is 66.7 Å². The Labute approximate surface area is 146 Å². The normalized spacial score (nSPS) is 12.2.